The number of aliphatic carboxylic acids is 1. The van der Waals surface area contributed by atoms with Crippen LogP contribution in [0.4, 0.5) is 5.69 Å². The average molecular weight is 360 g/mol. The van der Waals surface area contributed by atoms with Gasteiger partial charge in [-0.3, -0.25) is 14.4 Å². The predicted molar refractivity (Wildman–Crippen MR) is 94.9 cm³/mol. The number of benzene rings is 1. The Kier molecular flexibility index (Phi) is 5.27. The third-order valence-corrected chi connectivity index (χ3v) is 5.19. The lowest BCUT2D eigenvalue weighted by molar-refractivity contribution is -0.149. The fourth-order valence-electron chi connectivity index (χ4n) is 3.63. The Hall–Kier alpha value is -2.41. The molecule has 2 aliphatic rings. The summed E-state index contributed by atoms with van der Waals surface area (Å²) in [6.45, 7) is 5.36. The van der Waals surface area contributed by atoms with Crippen LogP contribution in [-0.2, 0) is 19.1 Å². The van der Waals surface area contributed by atoms with Gasteiger partial charge in [0.25, 0.3) is 0 Å². The van der Waals surface area contributed by atoms with Crippen LogP contribution in [0, 0.1) is 19.8 Å². The number of morpholine rings is 1. The topological polar surface area (TPSA) is 87.2 Å². The number of rotatable bonds is 4. The molecule has 3 rings (SSSR count). The molecule has 2 amide bonds. The largest absolute Gasteiger partial charge is 0.481 e. The molecule has 2 saturated heterocycles. The first kappa shape index (κ1) is 18.4. The van der Waals surface area contributed by atoms with Crippen molar-refractivity contribution in [2.45, 2.75) is 32.8 Å². The van der Waals surface area contributed by atoms with Crippen LogP contribution in [0.15, 0.2) is 18.2 Å². The molecule has 1 aromatic carbocycles. The van der Waals surface area contributed by atoms with Gasteiger partial charge in [-0.15, -0.1) is 0 Å². The van der Waals surface area contributed by atoms with Crippen molar-refractivity contribution in [2.24, 2.45) is 5.92 Å². The molecule has 0 aliphatic carbocycles. The molecular weight excluding hydrogens is 336 g/mol. The van der Waals surface area contributed by atoms with Crippen LogP contribution >= 0.6 is 0 Å². The van der Waals surface area contributed by atoms with E-state index in [2.05, 4.69) is 0 Å². The van der Waals surface area contributed by atoms with Gasteiger partial charge in [-0.25, -0.2) is 0 Å². The van der Waals surface area contributed by atoms with E-state index >= 15 is 0 Å². The number of carboxylic acids is 1. The second-order valence-corrected chi connectivity index (χ2v) is 7.00. The molecule has 140 valence electrons. The zero-order valence-electron chi connectivity index (χ0n) is 15.1. The van der Waals surface area contributed by atoms with Crippen LogP contribution in [0.1, 0.15) is 24.0 Å². The summed E-state index contributed by atoms with van der Waals surface area (Å²) in [6.07, 6.45) is -0.424. The minimum atomic E-state index is -0.943. The molecule has 0 bridgehead atoms. The molecule has 1 aromatic rings. The zero-order valence-corrected chi connectivity index (χ0v) is 15.1. The molecular formula is C19H24N2O5. The molecule has 2 heterocycles. The van der Waals surface area contributed by atoms with E-state index in [0.29, 0.717) is 19.7 Å². The van der Waals surface area contributed by atoms with Gasteiger partial charge in [0.2, 0.25) is 11.8 Å². The molecule has 7 nitrogen and oxygen atoms in total. The predicted octanol–water partition coefficient (Wildman–Crippen LogP) is 1.36. The average Bonchev–Trinajstić information content (AvgIpc) is 2.98. The number of anilines is 1. The summed E-state index contributed by atoms with van der Waals surface area (Å²) in [5, 5.41) is 8.91. The number of ether oxygens (including phenoxy) is 1. The van der Waals surface area contributed by atoms with Crippen LogP contribution < -0.4 is 4.90 Å². The highest BCUT2D eigenvalue weighted by Gasteiger charge is 2.39. The third kappa shape index (κ3) is 3.72. The van der Waals surface area contributed by atoms with Gasteiger partial charge in [0, 0.05) is 31.7 Å². The monoisotopic (exact) mass is 360 g/mol. The van der Waals surface area contributed by atoms with Crippen molar-refractivity contribution >= 4 is 23.5 Å². The highest BCUT2D eigenvalue weighted by Crippen LogP contribution is 2.30. The Morgan fingerprint density at radius 2 is 2.04 bits per heavy atom. The van der Waals surface area contributed by atoms with Crippen molar-refractivity contribution in [3.05, 3.63) is 29.3 Å². The fourth-order valence-corrected chi connectivity index (χ4v) is 3.63. The lowest BCUT2D eigenvalue weighted by Crippen LogP contribution is -2.48. The van der Waals surface area contributed by atoms with Crippen molar-refractivity contribution in [2.75, 3.05) is 31.1 Å². The molecule has 2 fully saturated rings. The second-order valence-electron chi connectivity index (χ2n) is 7.00. The maximum atomic E-state index is 12.9. The van der Waals surface area contributed by atoms with Gasteiger partial charge < -0.3 is 19.6 Å². The first-order chi connectivity index (χ1) is 12.4. The van der Waals surface area contributed by atoms with E-state index in [9.17, 15) is 14.4 Å². The number of carboxylic acid groups (broad SMARTS) is 1. The van der Waals surface area contributed by atoms with Crippen LogP contribution in [0.25, 0.3) is 0 Å². The number of amides is 2. The van der Waals surface area contributed by atoms with E-state index in [1.54, 1.807) is 9.80 Å². The number of hydrogen-bond donors (Lipinski definition) is 1. The van der Waals surface area contributed by atoms with Crippen LogP contribution in [0.3, 0.4) is 0 Å². The summed E-state index contributed by atoms with van der Waals surface area (Å²) in [6, 6.07) is 5.82. The van der Waals surface area contributed by atoms with Crippen molar-refractivity contribution in [1.29, 1.82) is 0 Å². The molecule has 2 atom stereocenters. The summed E-state index contributed by atoms with van der Waals surface area (Å²) in [5.41, 5.74) is 3.01. The molecule has 2 aliphatic heterocycles. The number of carbonyl (C=O) groups is 3. The Balaban J connectivity index is 1.69. The summed E-state index contributed by atoms with van der Waals surface area (Å²) in [7, 11) is 0. The minimum absolute atomic E-state index is 0.0487. The molecule has 0 unspecified atom stereocenters. The highest BCUT2D eigenvalue weighted by molar-refractivity contribution is 6.01. The number of hydrogen-bond acceptors (Lipinski definition) is 4. The van der Waals surface area contributed by atoms with Gasteiger partial charge in [0.15, 0.2) is 0 Å². The minimum Gasteiger partial charge on any atom is -0.481 e. The van der Waals surface area contributed by atoms with Crippen LogP contribution in [-0.4, -0.2) is 60.1 Å². The van der Waals surface area contributed by atoms with E-state index in [4.69, 9.17) is 9.84 Å². The second kappa shape index (κ2) is 7.45. The summed E-state index contributed by atoms with van der Waals surface area (Å²) >= 11 is 0. The lowest BCUT2D eigenvalue weighted by Gasteiger charge is -2.33. The molecule has 7 heteroatoms. The van der Waals surface area contributed by atoms with Crippen molar-refractivity contribution in [3.63, 3.8) is 0 Å². The molecule has 0 saturated carbocycles. The SMILES string of the molecule is Cc1cccc(N2C[C@H](C(=O)N3CCO[C@H](CC(=O)O)C3)CC2=O)c1C. The first-order valence-corrected chi connectivity index (χ1v) is 8.85. The number of nitrogens with zero attached hydrogens (tertiary/aromatic N) is 2. The van der Waals surface area contributed by atoms with Gasteiger partial charge >= 0.3 is 5.97 Å². The smallest absolute Gasteiger partial charge is 0.306 e. The summed E-state index contributed by atoms with van der Waals surface area (Å²) in [4.78, 5) is 39.6. The Bertz CT molecular complexity index is 733. The maximum absolute atomic E-state index is 12.9. The van der Waals surface area contributed by atoms with Crippen molar-refractivity contribution < 1.29 is 24.2 Å². The fraction of sp³-hybridized carbons (Fsp3) is 0.526. The van der Waals surface area contributed by atoms with Gasteiger partial charge in [-0.1, -0.05) is 12.1 Å². The zero-order chi connectivity index (χ0) is 18.8. The number of carbonyl (C=O) groups excluding carboxylic acids is 2. The quantitative estimate of drug-likeness (QED) is 0.876. The van der Waals surface area contributed by atoms with Crippen LogP contribution in [0.5, 0.6) is 0 Å². The summed E-state index contributed by atoms with van der Waals surface area (Å²) < 4.78 is 5.42. The molecule has 0 radical (unpaired) electrons. The molecule has 0 aromatic heterocycles. The maximum Gasteiger partial charge on any atom is 0.306 e. The normalized spacial score (nSPS) is 23.4. The van der Waals surface area contributed by atoms with E-state index in [0.717, 1.165) is 16.8 Å². The van der Waals surface area contributed by atoms with E-state index in [1.165, 1.54) is 0 Å². The van der Waals surface area contributed by atoms with Crippen molar-refractivity contribution in [3.8, 4) is 0 Å². The van der Waals surface area contributed by atoms with Gasteiger partial charge in [-0.05, 0) is 31.0 Å². The Morgan fingerprint density at radius 3 is 2.77 bits per heavy atom. The van der Waals surface area contributed by atoms with Gasteiger partial charge in [0.1, 0.15) is 0 Å². The van der Waals surface area contributed by atoms with E-state index < -0.39 is 18.0 Å². The van der Waals surface area contributed by atoms with Crippen LogP contribution in [0.2, 0.25) is 0 Å². The lowest BCUT2D eigenvalue weighted by atomic mass is 10.1. The van der Waals surface area contributed by atoms with Crippen molar-refractivity contribution in [1.82, 2.24) is 4.90 Å². The highest BCUT2D eigenvalue weighted by atomic mass is 16.5. The summed E-state index contributed by atoms with van der Waals surface area (Å²) in [5.74, 6) is -1.48. The molecule has 26 heavy (non-hydrogen) atoms. The van der Waals surface area contributed by atoms with E-state index in [-0.39, 0.29) is 31.2 Å². The number of aryl methyl sites for hydroxylation is 1. The third-order valence-electron chi connectivity index (χ3n) is 5.19. The molecule has 1 N–H and O–H groups in total. The first-order valence-electron chi connectivity index (χ1n) is 8.85. The van der Waals surface area contributed by atoms with Gasteiger partial charge in [-0.2, -0.15) is 0 Å². The Labute approximate surface area is 152 Å². The van der Waals surface area contributed by atoms with E-state index in [1.807, 2.05) is 32.0 Å². The van der Waals surface area contributed by atoms with Gasteiger partial charge in [0.05, 0.1) is 25.0 Å². The standard InChI is InChI=1S/C19H24N2O5/c1-12-4-3-5-16(13(12)2)21-10-14(8-17(21)22)19(25)20-6-7-26-15(11-20)9-18(23)24/h3-5,14-15H,6-11H2,1-2H3,(H,23,24)/t14-,15-/m1/s1. The molecule has 0 spiro atoms. The Morgan fingerprint density at radius 1 is 1.27 bits per heavy atom.